The van der Waals surface area contributed by atoms with E-state index in [0.717, 1.165) is 16.6 Å². The van der Waals surface area contributed by atoms with Gasteiger partial charge in [-0.1, -0.05) is 11.6 Å². The molecule has 0 bridgehead atoms. The second-order valence-corrected chi connectivity index (χ2v) is 7.77. The summed E-state index contributed by atoms with van der Waals surface area (Å²) in [7, 11) is 1.47. The fraction of sp³-hybridized carbons (Fsp3) is 0.158. The van der Waals surface area contributed by atoms with Crippen molar-refractivity contribution in [3.63, 3.8) is 0 Å². The maximum absolute atomic E-state index is 13.3. The van der Waals surface area contributed by atoms with Crippen molar-refractivity contribution in [3.8, 4) is 10.4 Å². The largest absolute Gasteiger partial charge is 0.369 e. The van der Waals surface area contributed by atoms with Gasteiger partial charge in [-0.3, -0.25) is 19.7 Å². The maximum Gasteiger partial charge on any atom is 0.266 e. The number of carbonyl (C=O) groups is 1. The minimum absolute atomic E-state index is 0.0308. The third-order valence-corrected chi connectivity index (χ3v) is 5.74. The van der Waals surface area contributed by atoms with Crippen LogP contribution in [0.2, 0.25) is 5.02 Å². The summed E-state index contributed by atoms with van der Waals surface area (Å²) in [5, 5.41) is 0.361. The second-order valence-electron chi connectivity index (χ2n) is 6.45. The van der Waals surface area contributed by atoms with Crippen LogP contribution in [0, 0.1) is 0 Å². The molecule has 29 heavy (non-hydrogen) atoms. The van der Waals surface area contributed by atoms with Crippen LogP contribution in [0.1, 0.15) is 23.1 Å². The number of guanidine groups is 1. The molecule has 0 radical (unpaired) electrons. The molecule has 1 aromatic carbocycles. The molecule has 0 spiro atoms. The molecule has 3 heterocycles. The van der Waals surface area contributed by atoms with Crippen LogP contribution in [0.15, 0.2) is 53.4 Å². The molecule has 0 saturated carbocycles. The molecule has 1 amide bonds. The van der Waals surface area contributed by atoms with Gasteiger partial charge in [0.15, 0.2) is 11.5 Å². The number of benzene rings is 1. The number of nitrogens with two attached hydrogens (primary N) is 1. The average molecular weight is 434 g/mol. The highest BCUT2D eigenvalue weighted by molar-refractivity contribution is 7.13. The number of alkyl halides is 2. The predicted molar refractivity (Wildman–Crippen MR) is 107 cm³/mol. The first kappa shape index (κ1) is 19.4. The minimum atomic E-state index is -2.75. The lowest BCUT2D eigenvalue weighted by atomic mass is 9.82. The van der Waals surface area contributed by atoms with Crippen LogP contribution in [0.5, 0.6) is 0 Å². The van der Waals surface area contributed by atoms with Gasteiger partial charge in [0.1, 0.15) is 0 Å². The molecule has 1 aliphatic heterocycles. The van der Waals surface area contributed by atoms with Gasteiger partial charge >= 0.3 is 0 Å². The minimum Gasteiger partial charge on any atom is -0.369 e. The van der Waals surface area contributed by atoms with Gasteiger partial charge < -0.3 is 5.73 Å². The molecule has 1 atom stereocenters. The van der Waals surface area contributed by atoms with Crippen LogP contribution in [0.25, 0.3) is 10.4 Å². The lowest BCUT2D eigenvalue weighted by Crippen LogP contribution is -2.41. The van der Waals surface area contributed by atoms with Gasteiger partial charge in [0, 0.05) is 41.8 Å². The Bertz CT molecular complexity index is 1120. The summed E-state index contributed by atoms with van der Waals surface area (Å²) in [5.74, 6) is -0.516. The number of halogens is 3. The van der Waals surface area contributed by atoms with Gasteiger partial charge in [-0.25, -0.2) is 13.8 Å². The summed E-state index contributed by atoms with van der Waals surface area (Å²) in [6.45, 7) is 0. The van der Waals surface area contributed by atoms with Crippen molar-refractivity contribution in [2.45, 2.75) is 12.0 Å². The number of thiazole rings is 1. The van der Waals surface area contributed by atoms with E-state index in [4.69, 9.17) is 17.3 Å². The van der Waals surface area contributed by atoms with Crippen LogP contribution in [-0.2, 0) is 10.3 Å². The zero-order chi connectivity index (χ0) is 20.8. The summed E-state index contributed by atoms with van der Waals surface area (Å²) < 4.78 is 26.6. The molecule has 1 unspecified atom stereocenters. The third-order valence-electron chi connectivity index (χ3n) is 4.70. The normalized spacial score (nSPS) is 19.1. The molecule has 0 fully saturated rings. The van der Waals surface area contributed by atoms with E-state index in [-0.39, 0.29) is 17.1 Å². The first-order valence-electron chi connectivity index (χ1n) is 8.40. The number of likely N-dealkylation sites (N-methyl/N-ethyl adjacent to an activating group) is 1. The fourth-order valence-electron chi connectivity index (χ4n) is 3.26. The second kappa shape index (κ2) is 7.16. The highest BCUT2D eigenvalue weighted by Gasteiger charge is 2.50. The van der Waals surface area contributed by atoms with Crippen molar-refractivity contribution in [2.75, 3.05) is 7.05 Å². The molecule has 0 aliphatic carbocycles. The lowest BCUT2D eigenvalue weighted by molar-refractivity contribution is -0.129. The van der Waals surface area contributed by atoms with Crippen LogP contribution in [-0.4, -0.2) is 33.8 Å². The molecule has 3 aromatic rings. The molecule has 0 saturated heterocycles. The van der Waals surface area contributed by atoms with Crippen LogP contribution < -0.4 is 5.73 Å². The Labute approximate surface area is 173 Å². The van der Waals surface area contributed by atoms with E-state index in [2.05, 4.69) is 15.0 Å². The summed E-state index contributed by atoms with van der Waals surface area (Å²) in [5.41, 5.74) is 6.94. The van der Waals surface area contributed by atoms with E-state index in [0.29, 0.717) is 10.6 Å². The quantitative estimate of drug-likeness (QED) is 0.677. The average Bonchev–Trinajstić information content (AvgIpc) is 3.32. The standard InChI is InChI=1S/C19H14ClF2N5OS/c1-27-17(28)19(26-18(27)23,13-3-11(16(21)22)6-24-7-13)12-2-10(4-14(20)5-12)15-8-25-9-29-15/h2-9,16H,1H3,(H2,23,26). The van der Waals surface area contributed by atoms with Gasteiger partial charge in [-0.15, -0.1) is 11.3 Å². The molecule has 1 aliphatic rings. The SMILES string of the molecule is CN1C(=O)C(c2cc(Cl)cc(-c3cncs3)c2)(c2cncc(C(F)F)c2)N=C1N. The molecular formula is C19H14ClF2N5OS. The highest BCUT2D eigenvalue weighted by atomic mass is 35.5. The van der Waals surface area contributed by atoms with Gasteiger partial charge in [-0.2, -0.15) is 0 Å². The lowest BCUT2D eigenvalue weighted by Gasteiger charge is -2.26. The number of hydrogen-bond donors (Lipinski definition) is 1. The number of nitrogens with zero attached hydrogens (tertiary/aromatic N) is 4. The van der Waals surface area contributed by atoms with Crippen LogP contribution in [0.3, 0.4) is 0 Å². The Morgan fingerprint density at radius 2 is 1.93 bits per heavy atom. The van der Waals surface area contributed by atoms with Crippen LogP contribution >= 0.6 is 22.9 Å². The monoisotopic (exact) mass is 433 g/mol. The smallest absolute Gasteiger partial charge is 0.266 e. The summed E-state index contributed by atoms with van der Waals surface area (Å²) in [6.07, 6.45) is 1.32. The number of pyridine rings is 1. The van der Waals surface area contributed by atoms with Crippen LogP contribution in [0.4, 0.5) is 8.78 Å². The van der Waals surface area contributed by atoms with E-state index in [1.54, 1.807) is 29.9 Å². The third kappa shape index (κ3) is 3.16. The van der Waals surface area contributed by atoms with Crippen molar-refractivity contribution in [1.82, 2.24) is 14.9 Å². The van der Waals surface area contributed by atoms with Gasteiger partial charge in [0.2, 0.25) is 0 Å². The van der Waals surface area contributed by atoms with E-state index in [9.17, 15) is 13.6 Å². The Hall–Kier alpha value is -2.91. The molecule has 6 nitrogen and oxygen atoms in total. The molecule has 2 N–H and O–H groups in total. The molecule has 10 heteroatoms. The predicted octanol–water partition coefficient (Wildman–Crippen LogP) is 3.83. The van der Waals surface area contributed by atoms with E-state index >= 15 is 0 Å². The van der Waals surface area contributed by atoms with Crippen molar-refractivity contribution in [2.24, 2.45) is 10.7 Å². The Balaban J connectivity index is 1.99. The number of aromatic nitrogens is 2. The van der Waals surface area contributed by atoms with Crippen molar-refractivity contribution in [1.29, 1.82) is 0 Å². The topological polar surface area (TPSA) is 84.5 Å². The Morgan fingerprint density at radius 1 is 1.14 bits per heavy atom. The summed E-state index contributed by atoms with van der Waals surface area (Å²) in [6, 6.07) is 6.27. The van der Waals surface area contributed by atoms with Crippen molar-refractivity contribution in [3.05, 3.63) is 70.1 Å². The van der Waals surface area contributed by atoms with Gasteiger partial charge in [-0.05, 0) is 35.4 Å². The highest BCUT2D eigenvalue weighted by Crippen LogP contribution is 2.42. The summed E-state index contributed by atoms with van der Waals surface area (Å²) in [4.78, 5) is 27.7. The number of rotatable bonds is 4. The zero-order valence-corrected chi connectivity index (χ0v) is 16.6. The van der Waals surface area contributed by atoms with E-state index in [1.807, 2.05) is 0 Å². The number of amides is 1. The van der Waals surface area contributed by atoms with Crippen molar-refractivity contribution >= 4 is 34.8 Å². The maximum atomic E-state index is 13.3. The Morgan fingerprint density at radius 3 is 2.55 bits per heavy atom. The number of carbonyl (C=O) groups excluding carboxylic acids is 1. The Kier molecular flexibility index (Phi) is 4.79. The number of aliphatic imine (C=N–C) groups is 1. The molecular weight excluding hydrogens is 420 g/mol. The molecule has 148 valence electrons. The molecule has 2 aromatic heterocycles. The van der Waals surface area contributed by atoms with Gasteiger partial charge in [0.25, 0.3) is 12.3 Å². The van der Waals surface area contributed by atoms with E-state index in [1.165, 1.54) is 35.5 Å². The first-order valence-corrected chi connectivity index (χ1v) is 9.65. The molecule has 4 rings (SSSR count). The summed E-state index contributed by atoms with van der Waals surface area (Å²) >= 11 is 7.74. The number of hydrogen-bond acceptors (Lipinski definition) is 6. The van der Waals surface area contributed by atoms with E-state index < -0.39 is 17.9 Å². The van der Waals surface area contributed by atoms with Gasteiger partial charge in [0.05, 0.1) is 10.4 Å². The first-order chi connectivity index (χ1) is 13.8. The fourth-order valence-corrected chi connectivity index (χ4v) is 4.10. The zero-order valence-electron chi connectivity index (χ0n) is 15.0. The van der Waals surface area contributed by atoms with Crippen molar-refractivity contribution < 1.29 is 13.6 Å².